The van der Waals surface area contributed by atoms with Crippen molar-refractivity contribution in [3.8, 4) is 0 Å². The molecule has 1 N–H and O–H groups in total. The van der Waals surface area contributed by atoms with Crippen molar-refractivity contribution in [2.45, 2.75) is 283 Å². The summed E-state index contributed by atoms with van der Waals surface area (Å²) in [6, 6.07) is 0. The summed E-state index contributed by atoms with van der Waals surface area (Å²) in [5, 5.41) is 9.74. The third-order valence-corrected chi connectivity index (χ3v) is 14.2. The van der Waals surface area contributed by atoms with Crippen molar-refractivity contribution in [3.05, 3.63) is 122 Å². The fourth-order valence-corrected chi connectivity index (χ4v) is 9.13. The van der Waals surface area contributed by atoms with E-state index in [-0.39, 0.29) is 32.2 Å². The molecule has 0 amide bonds. The smallest absolute Gasteiger partial charge is 0.361 e. The quantitative estimate of drug-likeness (QED) is 0.0211. The number of allylic oxidation sites excluding steroid dienone is 20. The molecular formula is C74H126NO8+. The van der Waals surface area contributed by atoms with Gasteiger partial charge >= 0.3 is 17.9 Å². The number of hydrogen-bond donors (Lipinski definition) is 1. The topological polar surface area (TPSA) is 108 Å². The van der Waals surface area contributed by atoms with E-state index in [1.807, 2.05) is 21.1 Å². The lowest BCUT2D eigenvalue weighted by molar-refractivity contribution is -0.870. The maximum Gasteiger partial charge on any atom is 0.361 e. The summed E-state index contributed by atoms with van der Waals surface area (Å²) in [5.41, 5.74) is 0. The molecule has 2 atom stereocenters. The Kier molecular flexibility index (Phi) is 60.4. The first-order valence-electron chi connectivity index (χ1n) is 33.7. The Bertz CT molecular complexity index is 1780. The number of carbonyl (C=O) groups excluding carboxylic acids is 2. The minimum Gasteiger partial charge on any atom is -0.477 e. The van der Waals surface area contributed by atoms with Crippen LogP contribution in [0, 0.1) is 0 Å². The van der Waals surface area contributed by atoms with E-state index in [1.165, 1.54) is 135 Å². The minimum absolute atomic E-state index is 0.183. The number of esters is 2. The third-order valence-electron chi connectivity index (χ3n) is 14.2. The number of likely N-dealkylation sites (N-methyl/N-ethyl adjacent to an activating group) is 1. The number of nitrogens with zero attached hydrogens (tertiary/aromatic N) is 1. The van der Waals surface area contributed by atoms with Crippen molar-refractivity contribution >= 4 is 17.9 Å². The van der Waals surface area contributed by atoms with Crippen LogP contribution in [0.25, 0.3) is 0 Å². The minimum atomic E-state index is -1.52. The van der Waals surface area contributed by atoms with Crippen molar-refractivity contribution in [1.82, 2.24) is 0 Å². The van der Waals surface area contributed by atoms with E-state index in [9.17, 15) is 19.5 Å². The monoisotopic (exact) mass is 1160 g/mol. The third kappa shape index (κ3) is 65.1. The van der Waals surface area contributed by atoms with E-state index in [4.69, 9.17) is 18.9 Å². The first-order valence-corrected chi connectivity index (χ1v) is 33.7. The van der Waals surface area contributed by atoms with Crippen LogP contribution in [0.15, 0.2) is 122 Å². The largest absolute Gasteiger partial charge is 0.477 e. The molecule has 0 bridgehead atoms. The van der Waals surface area contributed by atoms with Gasteiger partial charge in [-0.15, -0.1) is 0 Å². The molecule has 0 spiro atoms. The molecular weight excluding hydrogens is 1030 g/mol. The molecule has 0 rings (SSSR count). The fourth-order valence-electron chi connectivity index (χ4n) is 9.13. The second-order valence-corrected chi connectivity index (χ2v) is 23.4. The van der Waals surface area contributed by atoms with E-state index >= 15 is 0 Å². The number of quaternary nitrogens is 1. The van der Waals surface area contributed by atoms with E-state index < -0.39 is 24.3 Å². The van der Waals surface area contributed by atoms with Crippen molar-refractivity contribution < 1.29 is 42.9 Å². The molecule has 0 radical (unpaired) electrons. The predicted molar refractivity (Wildman–Crippen MR) is 354 cm³/mol. The number of carboxylic acids is 1. The molecule has 474 valence electrons. The molecule has 0 fully saturated rings. The molecule has 83 heavy (non-hydrogen) atoms. The number of unbranched alkanes of at least 4 members (excludes halogenated alkanes) is 26. The number of hydrogen-bond acceptors (Lipinski definition) is 7. The van der Waals surface area contributed by atoms with Gasteiger partial charge in [0.05, 0.1) is 34.4 Å². The highest BCUT2D eigenvalue weighted by Gasteiger charge is 2.25. The second-order valence-electron chi connectivity index (χ2n) is 23.4. The van der Waals surface area contributed by atoms with Crippen LogP contribution in [0.1, 0.15) is 271 Å². The van der Waals surface area contributed by atoms with Gasteiger partial charge in [0.15, 0.2) is 6.10 Å². The summed E-state index contributed by atoms with van der Waals surface area (Å²) < 4.78 is 23.0. The molecule has 0 aromatic rings. The Balaban J connectivity index is 4.15. The van der Waals surface area contributed by atoms with Crippen molar-refractivity contribution in [2.75, 3.05) is 47.5 Å². The molecule has 9 heteroatoms. The van der Waals surface area contributed by atoms with Crippen LogP contribution in [0.2, 0.25) is 0 Å². The number of rotatable bonds is 61. The highest BCUT2D eigenvalue weighted by Crippen LogP contribution is 2.17. The average molecular weight is 1160 g/mol. The highest BCUT2D eigenvalue weighted by atomic mass is 16.7. The lowest BCUT2D eigenvalue weighted by Crippen LogP contribution is -2.40. The van der Waals surface area contributed by atoms with Gasteiger partial charge in [0.1, 0.15) is 13.2 Å². The van der Waals surface area contributed by atoms with Crippen LogP contribution >= 0.6 is 0 Å². The highest BCUT2D eigenvalue weighted by molar-refractivity contribution is 5.71. The van der Waals surface area contributed by atoms with Crippen LogP contribution in [0.3, 0.4) is 0 Å². The zero-order valence-corrected chi connectivity index (χ0v) is 54.1. The summed E-state index contributed by atoms with van der Waals surface area (Å²) in [5.74, 6) is -2.01. The van der Waals surface area contributed by atoms with Gasteiger partial charge in [0, 0.05) is 12.8 Å². The van der Waals surface area contributed by atoms with Gasteiger partial charge in [-0.05, 0) is 103 Å². The summed E-state index contributed by atoms with van der Waals surface area (Å²) in [6.45, 7) is 4.66. The van der Waals surface area contributed by atoms with Crippen molar-refractivity contribution in [1.29, 1.82) is 0 Å². The lowest BCUT2D eigenvalue weighted by Gasteiger charge is -2.25. The Morgan fingerprint density at radius 3 is 0.964 bits per heavy atom. The molecule has 0 aromatic carbocycles. The normalized spacial score (nSPS) is 13.5. The summed E-state index contributed by atoms with van der Waals surface area (Å²) in [4.78, 5) is 37.6. The molecule has 0 aromatic heterocycles. The van der Waals surface area contributed by atoms with Gasteiger partial charge in [0.2, 0.25) is 0 Å². The first kappa shape index (κ1) is 78.7. The summed E-state index contributed by atoms with van der Waals surface area (Å²) in [7, 11) is 5.97. The van der Waals surface area contributed by atoms with Gasteiger partial charge in [0.25, 0.3) is 6.29 Å². The molecule has 0 aliphatic carbocycles. The lowest BCUT2D eigenvalue weighted by atomic mass is 10.0. The molecule has 0 aliphatic rings. The van der Waals surface area contributed by atoms with Crippen LogP contribution in [0.5, 0.6) is 0 Å². The zero-order chi connectivity index (χ0) is 60.5. The molecule has 9 nitrogen and oxygen atoms in total. The van der Waals surface area contributed by atoms with Gasteiger partial charge < -0.3 is 28.5 Å². The second kappa shape index (κ2) is 63.7. The Hall–Kier alpha value is -4.31. The summed E-state index contributed by atoms with van der Waals surface area (Å²) >= 11 is 0. The molecule has 2 unspecified atom stereocenters. The van der Waals surface area contributed by atoms with E-state index in [0.717, 1.165) is 103 Å². The molecule has 0 saturated carbocycles. The standard InChI is InChI=1S/C74H125NO8/c1-6-8-10-12-14-16-18-20-22-24-26-28-30-32-33-34-35-36-37-38-39-41-43-45-47-49-51-53-55-57-59-61-63-65-72(77)83-70(69-82-74(73(78)79)80-67-66-75(3,4)5)68-81-71(76)64-62-60-58-56-54-52-50-48-46-44-42-40-31-29-27-25-23-21-19-17-15-13-11-9-7-2/h8-11,14-17,20-23,26-29,32-33,35-36,70,74H,6-7,12-13,18-19,24-25,30-31,34,37-69H2,1-5H3/p+1/b10-8-,11-9-,16-14-,17-15-,22-20-,23-21-,28-26-,29-27-,33-32-,36-35-. The number of ether oxygens (including phenoxy) is 4. The van der Waals surface area contributed by atoms with E-state index in [0.29, 0.717) is 23.9 Å². The van der Waals surface area contributed by atoms with Gasteiger partial charge in [-0.2, -0.15) is 0 Å². The molecule has 0 aliphatic heterocycles. The Morgan fingerprint density at radius 1 is 0.361 bits per heavy atom. The van der Waals surface area contributed by atoms with E-state index in [1.54, 1.807) is 0 Å². The zero-order valence-electron chi connectivity index (χ0n) is 54.1. The van der Waals surface area contributed by atoms with Crippen LogP contribution in [0.4, 0.5) is 0 Å². The maximum absolute atomic E-state index is 12.9. The number of carboxylic acid groups (broad SMARTS) is 1. The maximum atomic E-state index is 12.9. The fraction of sp³-hybridized carbons (Fsp3) is 0.689. The summed E-state index contributed by atoms with van der Waals surface area (Å²) in [6.07, 6.45) is 87.2. The SMILES string of the molecule is CC/C=C\C/C=C\C/C=C\C/C=C\C/C=C\C/C=C\CCCCCCCCCCCCCCCCC(=O)OC(COC(=O)CCCCCCCCCCCCCC/C=C\C/C=C\C/C=C\C/C=C\CC)COC(OCC[N+](C)(C)C)C(=O)O. The Labute approximate surface area is 510 Å². The van der Waals surface area contributed by atoms with Gasteiger partial charge in [-0.25, -0.2) is 4.79 Å². The average Bonchev–Trinajstić information content (AvgIpc) is 3.46. The predicted octanol–water partition coefficient (Wildman–Crippen LogP) is 20.8. The van der Waals surface area contributed by atoms with Gasteiger partial charge in [-0.3, -0.25) is 9.59 Å². The number of carbonyl (C=O) groups is 3. The van der Waals surface area contributed by atoms with Crippen LogP contribution in [-0.2, 0) is 33.3 Å². The molecule has 0 heterocycles. The Morgan fingerprint density at radius 2 is 0.651 bits per heavy atom. The number of aliphatic carboxylic acids is 1. The van der Waals surface area contributed by atoms with Gasteiger partial charge in [-0.1, -0.05) is 277 Å². The van der Waals surface area contributed by atoms with E-state index in [2.05, 4.69) is 135 Å². The van der Waals surface area contributed by atoms with Crippen molar-refractivity contribution in [3.63, 3.8) is 0 Å². The first-order chi connectivity index (χ1) is 40.6. The van der Waals surface area contributed by atoms with Crippen molar-refractivity contribution in [2.24, 2.45) is 0 Å². The van der Waals surface area contributed by atoms with Crippen LogP contribution < -0.4 is 0 Å². The van der Waals surface area contributed by atoms with Crippen LogP contribution in [-0.4, -0.2) is 87.4 Å². The molecule has 0 saturated heterocycles.